The third-order valence-electron chi connectivity index (χ3n) is 4.52. The molecule has 1 unspecified atom stereocenters. The monoisotopic (exact) mass is 594 g/mol. The zero-order chi connectivity index (χ0) is 25.0. The fourth-order valence-corrected chi connectivity index (χ4v) is 4.77. The molecule has 31 heavy (non-hydrogen) atoms. The molecule has 1 aromatic heterocycles. The van der Waals surface area contributed by atoms with E-state index in [1.807, 2.05) is 37.3 Å². The van der Waals surface area contributed by atoms with Crippen LogP contribution in [0.1, 0.15) is 24.2 Å². The molecule has 1 aromatic carbocycles. The molecule has 0 radical (unpaired) electrons. The number of methoxy groups -OCH3 is 1. The molecule has 1 saturated carbocycles. The molecule has 1 N–H and O–H groups in total. The number of rotatable bonds is 5. The van der Waals surface area contributed by atoms with Crippen molar-refractivity contribution in [2.24, 2.45) is 5.92 Å². The first-order valence-corrected chi connectivity index (χ1v) is 9.47. The van der Waals surface area contributed by atoms with E-state index in [0.29, 0.717) is 0 Å². The van der Waals surface area contributed by atoms with Gasteiger partial charge in [-0.2, -0.15) is 0 Å². The van der Waals surface area contributed by atoms with Crippen LogP contribution in [0.5, 0.6) is 0 Å². The van der Waals surface area contributed by atoms with Gasteiger partial charge in [-0.15, -0.1) is 0 Å². The summed E-state index contributed by atoms with van der Waals surface area (Å²) in [7, 11) is 1.71. The molecule has 0 saturated heterocycles. The van der Waals surface area contributed by atoms with Gasteiger partial charge in [0.25, 0.3) is 0 Å². The Morgan fingerprint density at radius 1 is 0.968 bits per heavy atom. The first kappa shape index (κ1) is 33.3. The Morgan fingerprint density at radius 3 is 1.81 bits per heavy atom. The molecule has 3 rings (SSSR count). The number of benzene rings is 1. The second-order valence-electron chi connectivity index (χ2n) is 5.47. The topological polar surface area (TPSA) is 142 Å². The van der Waals surface area contributed by atoms with E-state index in [9.17, 15) is 5.11 Å². The van der Waals surface area contributed by atoms with Crippen LogP contribution in [-0.2, 0) is 52.8 Å². The van der Waals surface area contributed by atoms with Crippen LogP contribution in [0.4, 0.5) is 0 Å². The van der Waals surface area contributed by atoms with Crippen LogP contribution in [0.25, 0.3) is 0 Å². The summed E-state index contributed by atoms with van der Waals surface area (Å²) >= 11 is 1.30. The van der Waals surface area contributed by atoms with Gasteiger partial charge in [0.2, 0.25) is 0 Å². The quantitative estimate of drug-likeness (QED) is 0.420. The van der Waals surface area contributed by atoms with Gasteiger partial charge in [-0.1, -0.05) is 0 Å². The van der Waals surface area contributed by atoms with Gasteiger partial charge in [-0.3, -0.25) is 0 Å². The molecule has 4 atom stereocenters. The first-order valence-electron chi connectivity index (χ1n) is 8.01. The van der Waals surface area contributed by atoms with Crippen molar-refractivity contribution in [1.29, 1.82) is 0 Å². The molecule has 9 heteroatoms. The summed E-state index contributed by atoms with van der Waals surface area (Å²) in [6.45, 7) is 24.4. The Morgan fingerprint density at radius 2 is 1.45 bits per heavy atom. The van der Waals surface area contributed by atoms with Crippen molar-refractivity contribution >= 4 is 4.08 Å². The second kappa shape index (κ2) is 19.6. The van der Waals surface area contributed by atoms with Crippen LogP contribution in [0.3, 0.4) is 0 Å². The zero-order valence-corrected chi connectivity index (χ0v) is 19.5. The predicted molar refractivity (Wildman–Crippen MR) is 96.4 cm³/mol. The molecule has 0 amide bonds. The van der Waals surface area contributed by atoms with Crippen molar-refractivity contribution in [3.05, 3.63) is 93.3 Å². The molecule has 1 heterocycles. The number of aliphatic hydroxyl groups is 1. The Bertz CT molecular complexity index is 799. The fraction of sp³-hybridized carbons (Fsp3) is 0.273. The van der Waals surface area contributed by atoms with E-state index < -0.39 is 6.10 Å². The molecule has 0 bridgehead atoms. The Kier molecular flexibility index (Phi) is 21.1. The Balaban J connectivity index is -0.000000692. The Hall–Kier alpha value is -2.32. The van der Waals surface area contributed by atoms with Crippen molar-refractivity contribution in [3.63, 3.8) is 0 Å². The van der Waals surface area contributed by atoms with E-state index in [1.54, 1.807) is 13.4 Å². The van der Waals surface area contributed by atoms with Gasteiger partial charge in [0.05, 0.1) is 0 Å². The molecular weight excluding hydrogens is 576 g/mol. The molecule has 0 aliphatic heterocycles. The van der Waals surface area contributed by atoms with Crippen LogP contribution in [-0.4, -0.2) is 22.4 Å². The van der Waals surface area contributed by atoms with E-state index in [1.165, 1.54) is 19.4 Å². The molecule has 8 nitrogen and oxygen atoms in total. The number of hydrogen-bond donors (Lipinski definition) is 1. The summed E-state index contributed by atoms with van der Waals surface area (Å²) in [5.74, 6) is 1.20. The normalized spacial score (nSPS) is 20.0. The zero-order valence-electron chi connectivity index (χ0n) is 16.6. The number of furan rings is 1. The minimum atomic E-state index is -0.482. The van der Waals surface area contributed by atoms with Gasteiger partial charge in [0.15, 0.2) is 0 Å². The van der Waals surface area contributed by atoms with Gasteiger partial charge >= 0.3 is 192 Å². The summed E-state index contributed by atoms with van der Waals surface area (Å²) in [6.07, 6.45) is 1.21. The van der Waals surface area contributed by atoms with Crippen molar-refractivity contribution in [2.45, 2.75) is 24.4 Å². The minimum absolute atomic E-state index is 0.127. The molecule has 1 aliphatic carbocycles. The average molecular weight is 594 g/mol. The molecular formula is C22H18O8W. The second-order valence-corrected chi connectivity index (χ2v) is 6.91. The van der Waals surface area contributed by atoms with Crippen LogP contribution in [0.2, 0.25) is 0 Å². The fourth-order valence-electron chi connectivity index (χ4n) is 3.58. The summed E-state index contributed by atoms with van der Waals surface area (Å²) < 4.78 is 49.7. The maximum absolute atomic E-state index is 10.6. The van der Waals surface area contributed by atoms with E-state index in [0.717, 1.165) is 15.4 Å². The summed E-state index contributed by atoms with van der Waals surface area (Å²) in [5, 5.41) is 10.6. The van der Waals surface area contributed by atoms with Crippen molar-refractivity contribution < 1.29 is 56.9 Å². The number of hydrogen-bond acceptors (Lipinski definition) is 3. The number of ether oxygens (including phenoxy) is 1. The van der Waals surface area contributed by atoms with E-state index in [-0.39, 0.29) is 17.3 Å². The SMILES string of the molecule is CO[C](=[W])[C@@H]1[C@@H](c2ccco2)[C@@]1(c1ccccc1)C(C)O.[C-]#[O+].[C-]#[O+].[C-]#[O+].[C-]#[O+].[C-]#[O+]. The van der Waals surface area contributed by atoms with Gasteiger partial charge in [-0.25, -0.2) is 0 Å². The Labute approximate surface area is 191 Å². The van der Waals surface area contributed by atoms with Gasteiger partial charge in [0.1, 0.15) is 0 Å². The summed E-state index contributed by atoms with van der Waals surface area (Å²) in [6, 6.07) is 14.1. The van der Waals surface area contributed by atoms with Gasteiger partial charge < -0.3 is 0 Å². The maximum atomic E-state index is 10.6. The summed E-state index contributed by atoms with van der Waals surface area (Å²) in [4.78, 5) is 0. The molecule has 0 spiro atoms. The predicted octanol–water partition coefficient (Wildman–Crippen LogP) is 2.45. The molecule has 1 aliphatic rings. The van der Waals surface area contributed by atoms with Crippen molar-refractivity contribution in [1.82, 2.24) is 0 Å². The average Bonchev–Trinajstić information content (AvgIpc) is 3.29. The first-order chi connectivity index (χ1) is 15.1. The summed E-state index contributed by atoms with van der Waals surface area (Å²) in [5.41, 5.74) is 0.786. The third kappa shape index (κ3) is 7.70. The van der Waals surface area contributed by atoms with E-state index in [4.69, 9.17) is 32.4 Å². The van der Waals surface area contributed by atoms with Crippen molar-refractivity contribution in [3.8, 4) is 0 Å². The molecule has 160 valence electrons. The van der Waals surface area contributed by atoms with Gasteiger partial charge in [0, 0.05) is 0 Å². The van der Waals surface area contributed by atoms with E-state index in [2.05, 4.69) is 45.4 Å². The van der Waals surface area contributed by atoms with E-state index >= 15 is 0 Å². The molecule has 2 aromatic rings. The van der Waals surface area contributed by atoms with Crippen LogP contribution >= 0.6 is 0 Å². The third-order valence-corrected chi connectivity index (χ3v) is 6.03. The molecule has 1 fully saturated rings. The van der Waals surface area contributed by atoms with Crippen LogP contribution in [0, 0.1) is 39.2 Å². The van der Waals surface area contributed by atoms with Gasteiger partial charge in [-0.05, 0) is 0 Å². The van der Waals surface area contributed by atoms with Crippen LogP contribution < -0.4 is 0 Å². The van der Waals surface area contributed by atoms with Crippen LogP contribution in [0.15, 0.2) is 53.1 Å². The standard InChI is InChI=1S/C17H18O3.5CO.W/c1-12(18)17(13-7-4-3-5-8-13)14(11-19-2)16(17)15-9-6-10-20-15;5*1-2;/h3-10,12,14,16,18H,1-2H3;;;;;;/t12?,14-,16+,17-;;;;;;/m1....../s1. The number of aliphatic hydroxyl groups excluding tert-OH is 1. The van der Waals surface area contributed by atoms with Crippen molar-refractivity contribution in [2.75, 3.05) is 7.11 Å².